The van der Waals surface area contributed by atoms with Crippen molar-refractivity contribution in [1.29, 1.82) is 0 Å². The van der Waals surface area contributed by atoms with Crippen molar-refractivity contribution in [2.45, 2.75) is 0 Å². The summed E-state index contributed by atoms with van der Waals surface area (Å²) in [5, 5.41) is 0. The molecule has 0 atom stereocenters. The second kappa shape index (κ2) is 138. The van der Waals surface area contributed by atoms with Crippen LogP contribution in [0.25, 0.3) is 0 Å². The summed E-state index contributed by atoms with van der Waals surface area (Å²) in [5.74, 6) is 0. The maximum atomic E-state index is 0. The van der Waals surface area contributed by atoms with E-state index in [1.165, 1.54) is 0 Å². The first kappa shape index (κ1) is 208. The average molecular weight is 410 g/mol. The molecule has 7 heteroatoms. The second-order valence-corrected chi connectivity index (χ2v) is 0. The van der Waals surface area contributed by atoms with E-state index >= 15 is 0 Å². The van der Waals surface area contributed by atoms with Crippen molar-refractivity contribution in [2.75, 3.05) is 0 Å². The van der Waals surface area contributed by atoms with E-state index in [0.717, 1.165) is 0 Å². The van der Waals surface area contributed by atoms with Crippen LogP contribution < -0.4 is 0 Å². The van der Waals surface area contributed by atoms with Gasteiger partial charge in [-0.2, -0.15) is 0 Å². The molecule has 6 radical (unpaired) electrons. The zero-order valence-corrected chi connectivity index (χ0v) is 9.97. The van der Waals surface area contributed by atoms with Crippen LogP contribution in [0.3, 0.4) is 0 Å². The van der Waals surface area contributed by atoms with E-state index in [1.807, 2.05) is 0 Å². The molecule has 0 aliphatic rings. The Kier molecular flexibility index (Phi) is 4120. The predicted octanol–water partition coefficient (Wildman–Crippen LogP) is -2.77. The number of hydrogen-bond acceptors (Lipinski definition) is 0. The minimum Gasteiger partial charge on any atom is -2.00 e. The summed E-state index contributed by atoms with van der Waals surface area (Å²) in [5.41, 5.74) is 0. The first-order valence-electron chi connectivity index (χ1n) is 0. The third kappa shape index (κ3) is 99.1. The predicted molar refractivity (Wildman–Crippen MR) is 20.8 cm³/mol. The van der Waals surface area contributed by atoms with Crippen molar-refractivity contribution in [3.05, 3.63) is 0 Å². The van der Waals surface area contributed by atoms with Crippen molar-refractivity contribution in [3.8, 4) is 0 Å². The fourth-order valence-corrected chi connectivity index (χ4v) is 0. The molecule has 5 nitrogen and oxygen atoms in total. The minimum absolute atomic E-state index is 0. The van der Waals surface area contributed by atoms with Crippen LogP contribution in [0.2, 0.25) is 0 Å². The van der Waals surface area contributed by atoms with Crippen LogP contribution in [-0.2, 0) is 16.4 Å². The zero-order valence-electron chi connectivity index (χ0n) is 3.22. The molecule has 0 aliphatic carbocycles. The molecular weight excluding hydrogens is 406 g/mol. The van der Waals surface area contributed by atoms with Crippen molar-refractivity contribution in [2.24, 2.45) is 0 Å². The van der Waals surface area contributed by atoms with Gasteiger partial charge in [-0.15, -0.1) is 0 Å². The molecule has 46 valence electrons. The summed E-state index contributed by atoms with van der Waals surface area (Å²) >= 11 is 0. The fraction of sp³-hybridized carbons (Fsp3) is 0. The van der Waals surface area contributed by atoms with Gasteiger partial charge >= 0.3 is 27.3 Å². The van der Waals surface area contributed by atoms with Gasteiger partial charge in [0.05, 0.1) is 0 Å². The Morgan fingerprint density at radius 2 is 0.571 bits per heavy atom. The molecule has 0 aromatic rings. The van der Waals surface area contributed by atoms with Gasteiger partial charge < -0.3 is 27.4 Å². The van der Waals surface area contributed by atoms with E-state index in [2.05, 4.69) is 0 Å². The summed E-state index contributed by atoms with van der Waals surface area (Å²) < 4.78 is 0. The van der Waals surface area contributed by atoms with Crippen LogP contribution in [0.15, 0.2) is 0 Å². The number of rotatable bonds is 0. The average Bonchev–Trinajstić information content (AvgIpc) is 0. The third-order valence-electron chi connectivity index (χ3n) is 0. The Balaban J connectivity index is 0. The first-order valence-corrected chi connectivity index (χ1v) is 0. The Hall–Kier alpha value is 1.52. The molecule has 0 fully saturated rings. The summed E-state index contributed by atoms with van der Waals surface area (Å²) in [6.07, 6.45) is 0. The SMILES string of the molecule is O.O.[O-2].[O-2].[O-2].[Pb+2].[Sn]. The van der Waals surface area contributed by atoms with Crippen molar-refractivity contribution in [3.63, 3.8) is 0 Å². The zero-order chi connectivity index (χ0) is 0. The van der Waals surface area contributed by atoms with Crippen molar-refractivity contribution < 1.29 is 27.4 Å². The van der Waals surface area contributed by atoms with Gasteiger partial charge in [-0.1, -0.05) is 0 Å². The van der Waals surface area contributed by atoms with Crippen LogP contribution in [0, 0.1) is 0 Å². The standard InChI is InChI=1S/2H2O.3O.Pb.Sn/h2*1H2;;;;;/q;;3*-2;+2;. The van der Waals surface area contributed by atoms with E-state index in [-0.39, 0.29) is 78.6 Å². The Labute approximate surface area is 78.1 Å². The van der Waals surface area contributed by atoms with Crippen LogP contribution in [0.5, 0.6) is 0 Å². The number of hydrogen-bond donors (Lipinski definition) is 0. The molecule has 0 unspecified atom stereocenters. The molecule has 4 N–H and O–H groups in total. The molecule has 0 aromatic heterocycles. The van der Waals surface area contributed by atoms with E-state index in [4.69, 9.17) is 0 Å². The Morgan fingerprint density at radius 3 is 0.571 bits per heavy atom. The van der Waals surface area contributed by atoms with Crippen LogP contribution in [0.4, 0.5) is 0 Å². The molecule has 0 aliphatic heterocycles. The largest absolute Gasteiger partial charge is 2.00 e. The van der Waals surface area contributed by atoms with Gasteiger partial charge in [0.2, 0.25) is 0 Å². The van der Waals surface area contributed by atoms with Crippen LogP contribution >= 0.6 is 0 Å². The topological polar surface area (TPSA) is 148 Å². The van der Waals surface area contributed by atoms with Gasteiger partial charge in [-0.05, 0) is 0 Å². The Bertz CT molecular complexity index is 8.04. The fourth-order valence-electron chi connectivity index (χ4n) is 0. The molecule has 0 saturated carbocycles. The second-order valence-electron chi connectivity index (χ2n) is 0. The molecule has 7 heavy (non-hydrogen) atoms. The molecule has 0 rings (SSSR count). The summed E-state index contributed by atoms with van der Waals surface area (Å²) in [6, 6.07) is 0. The molecule has 0 aromatic carbocycles. The molecule has 0 heterocycles. The van der Waals surface area contributed by atoms with Crippen LogP contribution in [-0.4, -0.2) is 62.2 Å². The van der Waals surface area contributed by atoms with Crippen molar-refractivity contribution in [1.82, 2.24) is 0 Å². The molecule has 0 amide bonds. The van der Waals surface area contributed by atoms with Gasteiger partial charge in [0.1, 0.15) is 0 Å². The molecule has 0 saturated heterocycles. The van der Waals surface area contributed by atoms with E-state index in [0.29, 0.717) is 0 Å². The summed E-state index contributed by atoms with van der Waals surface area (Å²) in [6.45, 7) is 0. The van der Waals surface area contributed by atoms with Crippen molar-refractivity contribution >= 4 is 51.2 Å². The van der Waals surface area contributed by atoms with E-state index in [1.54, 1.807) is 0 Å². The smallest absolute Gasteiger partial charge is 2.00 e. The first-order chi connectivity index (χ1) is 0. The van der Waals surface area contributed by atoms with Gasteiger partial charge in [-0.25, -0.2) is 0 Å². The summed E-state index contributed by atoms with van der Waals surface area (Å²) in [4.78, 5) is 0. The molecule has 0 bridgehead atoms. The Morgan fingerprint density at radius 1 is 0.571 bits per heavy atom. The van der Waals surface area contributed by atoms with Crippen LogP contribution in [0.1, 0.15) is 0 Å². The molecular formula is H4O5PbSn-4. The maximum absolute atomic E-state index is 0. The van der Waals surface area contributed by atoms with E-state index in [9.17, 15) is 0 Å². The van der Waals surface area contributed by atoms with Gasteiger partial charge in [0, 0.05) is 23.9 Å². The monoisotopic (exact) mass is 412 g/mol. The maximum Gasteiger partial charge on any atom is 2.00 e. The van der Waals surface area contributed by atoms with Gasteiger partial charge in [0.25, 0.3) is 0 Å². The van der Waals surface area contributed by atoms with Gasteiger partial charge in [-0.3, -0.25) is 0 Å². The molecule has 0 spiro atoms. The van der Waals surface area contributed by atoms with Gasteiger partial charge in [0.15, 0.2) is 0 Å². The quantitative estimate of drug-likeness (QED) is 0.381. The third-order valence-corrected chi connectivity index (χ3v) is 0. The minimum atomic E-state index is 0. The normalized spacial score (nSPS) is 0. The van der Waals surface area contributed by atoms with E-state index < -0.39 is 0 Å². The summed E-state index contributed by atoms with van der Waals surface area (Å²) in [7, 11) is 0.